The highest BCUT2D eigenvalue weighted by Crippen LogP contribution is 2.36. The predicted octanol–water partition coefficient (Wildman–Crippen LogP) is 4.67. The molecule has 1 atom stereocenters. The van der Waals surface area contributed by atoms with Crippen LogP contribution in [0.25, 0.3) is 5.69 Å². The molecular formula is C24H25BrFN5O2S. The van der Waals surface area contributed by atoms with Crippen molar-refractivity contribution >= 4 is 39.4 Å². The minimum absolute atomic E-state index is 0.158. The molecule has 4 rings (SSSR count). The van der Waals surface area contributed by atoms with E-state index in [-0.39, 0.29) is 18.2 Å². The van der Waals surface area contributed by atoms with Crippen LogP contribution in [0.5, 0.6) is 0 Å². The number of fused-ring (bicyclic) bond motifs is 3. The molecule has 10 heteroatoms. The second-order valence-corrected chi connectivity index (χ2v) is 10.1. The lowest BCUT2D eigenvalue weighted by molar-refractivity contribution is -0.140. The highest BCUT2D eigenvalue weighted by molar-refractivity contribution is 9.10. The monoisotopic (exact) mass is 545 g/mol. The summed E-state index contributed by atoms with van der Waals surface area (Å²) in [7, 11) is 5.41. The van der Waals surface area contributed by atoms with E-state index in [0.29, 0.717) is 23.5 Å². The minimum atomic E-state index is -0.504. The van der Waals surface area contributed by atoms with Gasteiger partial charge in [0.25, 0.3) is 0 Å². The molecule has 0 spiro atoms. The number of benzene rings is 2. The van der Waals surface area contributed by atoms with E-state index in [2.05, 4.69) is 31.0 Å². The number of rotatable bonds is 8. The largest absolute Gasteiger partial charge is 0.469 e. The first-order chi connectivity index (χ1) is 16.4. The molecule has 7 nitrogen and oxygen atoms in total. The quantitative estimate of drug-likeness (QED) is 0.302. The Morgan fingerprint density at radius 3 is 2.74 bits per heavy atom. The first kappa shape index (κ1) is 24.6. The summed E-state index contributed by atoms with van der Waals surface area (Å²) < 4.78 is 22.6. The molecule has 0 fully saturated rings. The van der Waals surface area contributed by atoms with Gasteiger partial charge in [-0.3, -0.25) is 14.4 Å². The molecule has 0 aliphatic carbocycles. The normalized spacial score (nSPS) is 14.9. The number of carbonyl (C=O) groups excluding carboxylic acids is 1. The summed E-state index contributed by atoms with van der Waals surface area (Å²) in [5, 5.41) is 9.67. The Bertz CT molecular complexity index is 1230. The number of aromatic nitrogens is 3. The van der Waals surface area contributed by atoms with E-state index in [9.17, 15) is 9.18 Å². The molecule has 1 aliphatic rings. The van der Waals surface area contributed by atoms with Gasteiger partial charge in [0.1, 0.15) is 11.9 Å². The molecule has 0 saturated carbocycles. The maximum absolute atomic E-state index is 15.0. The van der Waals surface area contributed by atoms with Crippen molar-refractivity contribution in [3.05, 3.63) is 69.7 Å². The van der Waals surface area contributed by atoms with Crippen LogP contribution in [0.4, 0.5) is 4.39 Å². The second-order valence-electron chi connectivity index (χ2n) is 8.08. The molecule has 1 aromatic heterocycles. The Kier molecular flexibility index (Phi) is 7.80. The second kappa shape index (κ2) is 10.8. The number of nitrogens with zero attached hydrogens (tertiary/aromatic N) is 5. The molecule has 34 heavy (non-hydrogen) atoms. The average molecular weight is 546 g/mol. The molecule has 178 valence electrons. The molecule has 2 heterocycles. The summed E-state index contributed by atoms with van der Waals surface area (Å²) in [4.78, 5) is 19.0. The van der Waals surface area contributed by atoms with Crippen LogP contribution in [0.3, 0.4) is 0 Å². The van der Waals surface area contributed by atoms with Crippen molar-refractivity contribution in [2.45, 2.75) is 24.0 Å². The summed E-state index contributed by atoms with van der Waals surface area (Å²) in [6.07, 6.45) is 0.519. The summed E-state index contributed by atoms with van der Waals surface area (Å²) in [5.41, 5.74) is 2.48. The van der Waals surface area contributed by atoms with E-state index < -0.39 is 6.04 Å². The van der Waals surface area contributed by atoms with Crippen molar-refractivity contribution in [2.75, 3.05) is 33.5 Å². The number of carbonyl (C=O) groups is 1. The van der Waals surface area contributed by atoms with Gasteiger partial charge in [-0.05, 0) is 50.8 Å². The number of halogens is 2. The van der Waals surface area contributed by atoms with Gasteiger partial charge in [-0.25, -0.2) is 4.39 Å². The number of ether oxygens (including phenoxy) is 1. The van der Waals surface area contributed by atoms with E-state index in [0.717, 1.165) is 33.2 Å². The lowest BCUT2D eigenvalue weighted by atomic mass is 10.00. The van der Waals surface area contributed by atoms with E-state index in [1.165, 1.54) is 13.2 Å². The SMILES string of the molecule is COC(=O)CC[C@@H]1N=C(c2ccccc2F)c2cc(Br)ccc2-n2c(SCCN(C)C)nnc21. The third-order valence-corrected chi connectivity index (χ3v) is 6.85. The van der Waals surface area contributed by atoms with Crippen LogP contribution in [0.2, 0.25) is 0 Å². The Morgan fingerprint density at radius 1 is 1.21 bits per heavy atom. The maximum atomic E-state index is 15.0. The van der Waals surface area contributed by atoms with Crippen LogP contribution in [0.15, 0.2) is 57.1 Å². The highest BCUT2D eigenvalue weighted by atomic mass is 79.9. The fourth-order valence-electron chi connectivity index (χ4n) is 3.73. The van der Waals surface area contributed by atoms with Gasteiger partial charge in [-0.1, -0.05) is 39.8 Å². The van der Waals surface area contributed by atoms with Gasteiger partial charge in [0, 0.05) is 34.3 Å². The van der Waals surface area contributed by atoms with Crippen LogP contribution < -0.4 is 0 Å². The van der Waals surface area contributed by atoms with Crippen LogP contribution in [0.1, 0.15) is 35.8 Å². The fraction of sp³-hybridized carbons (Fsp3) is 0.333. The summed E-state index contributed by atoms with van der Waals surface area (Å²) in [6.45, 7) is 0.878. The van der Waals surface area contributed by atoms with Gasteiger partial charge in [0.15, 0.2) is 11.0 Å². The van der Waals surface area contributed by atoms with Crippen molar-refractivity contribution in [3.8, 4) is 5.69 Å². The summed E-state index contributed by atoms with van der Waals surface area (Å²) in [5.74, 6) is 0.743. The third kappa shape index (κ3) is 5.24. The maximum Gasteiger partial charge on any atom is 0.305 e. The molecule has 0 bridgehead atoms. The lowest BCUT2D eigenvalue weighted by Crippen LogP contribution is -2.15. The van der Waals surface area contributed by atoms with Crippen molar-refractivity contribution in [2.24, 2.45) is 4.99 Å². The fourth-order valence-corrected chi connectivity index (χ4v) is 5.15. The van der Waals surface area contributed by atoms with E-state index >= 15 is 0 Å². The first-order valence-corrected chi connectivity index (χ1v) is 12.6. The number of methoxy groups -OCH3 is 1. The van der Waals surface area contributed by atoms with Crippen molar-refractivity contribution in [3.63, 3.8) is 0 Å². The minimum Gasteiger partial charge on any atom is -0.469 e. The van der Waals surface area contributed by atoms with Crippen LogP contribution in [-0.4, -0.2) is 64.8 Å². The third-order valence-electron chi connectivity index (χ3n) is 5.44. The average Bonchev–Trinajstić information content (AvgIpc) is 3.17. The molecule has 2 aromatic carbocycles. The topological polar surface area (TPSA) is 72.6 Å². The Labute approximate surface area is 210 Å². The predicted molar refractivity (Wildman–Crippen MR) is 134 cm³/mol. The summed E-state index contributed by atoms with van der Waals surface area (Å²) >= 11 is 5.15. The highest BCUT2D eigenvalue weighted by Gasteiger charge is 2.30. The Balaban J connectivity index is 1.89. The molecule has 0 radical (unpaired) electrons. The van der Waals surface area contributed by atoms with Crippen LogP contribution in [-0.2, 0) is 9.53 Å². The zero-order valence-electron chi connectivity index (χ0n) is 19.2. The number of thioether (sulfide) groups is 1. The van der Waals surface area contributed by atoms with Gasteiger partial charge in [0.05, 0.1) is 18.5 Å². The number of hydrogen-bond acceptors (Lipinski definition) is 7. The van der Waals surface area contributed by atoms with Crippen molar-refractivity contribution in [1.29, 1.82) is 0 Å². The standard InChI is InChI=1S/C24H25BrFN5O2S/c1-30(2)12-13-34-24-29-28-23-19(9-11-21(32)33-3)27-22(16-6-4-5-7-18(16)26)17-14-15(25)8-10-20(17)31(23)24/h4-8,10,14,19H,9,11-13H2,1-3H3/t19-/m0/s1. The summed E-state index contributed by atoms with van der Waals surface area (Å²) in [6, 6.07) is 11.9. The number of aliphatic imine (C=N–C) groups is 1. The molecular weight excluding hydrogens is 521 g/mol. The molecule has 1 aliphatic heterocycles. The smallest absolute Gasteiger partial charge is 0.305 e. The van der Waals surface area contributed by atoms with Gasteiger partial charge < -0.3 is 9.64 Å². The van der Waals surface area contributed by atoms with Crippen LogP contribution in [0, 0.1) is 5.82 Å². The van der Waals surface area contributed by atoms with Crippen LogP contribution >= 0.6 is 27.7 Å². The van der Waals surface area contributed by atoms with Gasteiger partial charge >= 0.3 is 5.97 Å². The number of hydrogen-bond donors (Lipinski definition) is 0. The number of esters is 1. The van der Waals surface area contributed by atoms with Gasteiger partial charge in [0.2, 0.25) is 0 Å². The Morgan fingerprint density at radius 2 is 2.00 bits per heavy atom. The molecule has 0 N–H and O–H groups in total. The molecule has 0 amide bonds. The lowest BCUT2D eigenvalue weighted by Gasteiger charge is -2.15. The van der Waals surface area contributed by atoms with E-state index in [1.54, 1.807) is 30.0 Å². The zero-order valence-corrected chi connectivity index (χ0v) is 21.6. The Hall–Kier alpha value is -2.56. The van der Waals surface area contributed by atoms with Crippen molar-refractivity contribution in [1.82, 2.24) is 19.7 Å². The van der Waals surface area contributed by atoms with Crippen molar-refractivity contribution < 1.29 is 13.9 Å². The van der Waals surface area contributed by atoms with E-state index in [4.69, 9.17) is 9.73 Å². The molecule has 0 unspecified atom stereocenters. The first-order valence-electron chi connectivity index (χ1n) is 10.8. The molecule has 0 saturated heterocycles. The molecule has 3 aromatic rings. The zero-order chi connectivity index (χ0) is 24.2. The van der Waals surface area contributed by atoms with E-state index in [1.807, 2.05) is 36.9 Å². The van der Waals surface area contributed by atoms with Gasteiger partial charge in [-0.15, -0.1) is 10.2 Å². The van der Waals surface area contributed by atoms with Gasteiger partial charge in [-0.2, -0.15) is 0 Å².